The predicted octanol–water partition coefficient (Wildman–Crippen LogP) is 1.51. The van der Waals surface area contributed by atoms with Crippen molar-refractivity contribution in [2.45, 2.75) is 38.6 Å². The molecule has 0 aromatic rings. The fourth-order valence-corrected chi connectivity index (χ4v) is 0.208. The molecule has 0 amide bonds. The molecule has 48 valence electrons. The van der Waals surface area contributed by atoms with Crippen LogP contribution < -0.4 is 0 Å². The van der Waals surface area contributed by atoms with Crippen molar-refractivity contribution in [2.75, 3.05) is 0 Å². The molecule has 1 rings (SSSR count). The summed E-state index contributed by atoms with van der Waals surface area (Å²) in [4.78, 5) is 8.34. The van der Waals surface area contributed by atoms with Crippen LogP contribution in [0.4, 0.5) is 0 Å². The van der Waals surface area contributed by atoms with Gasteiger partial charge < -0.3 is 0 Å². The molecule has 0 atom stereocenters. The van der Waals surface area contributed by atoms with Gasteiger partial charge in [0, 0.05) is 16.4 Å². The van der Waals surface area contributed by atoms with Crippen LogP contribution in [-0.2, 0) is 9.78 Å². The van der Waals surface area contributed by atoms with E-state index in [0.717, 1.165) is 0 Å². The van der Waals surface area contributed by atoms with Crippen LogP contribution in [0.1, 0.15) is 43.9 Å². The van der Waals surface area contributed by atoms with E-state index in [4.69, 9.17) is 16.4 Å². The molecular formula is C6H12O2. The number of hydrogen-bond acceptors (Lipinski definition) is 2. The van der Waals surface area contributed by atoms with E-state index in [1.807, 2.05) is 0 Å². The molecule has 0 bridgehead atoms. The van der Waals surface area contributed by atoms with E-state index >= 15 is 0 Å². The molecule has 0 aliphatic carbocycles. The van der Waals surface area contributed by atoms with E-state index < -0.39 is 38.6 Å². The number of rotatable bonds is 0. The standard InChI is InChI=1S/C6H12O2/c1-5(2)6(3,4)8-7-5/h1-4H3/i1D3,2D3,3D3,4D3. The molecule has 1 aliphatic rings. The van der Waals surface area contributed by atoms with Crippen molar-refractivity contribution < 1.29 is 26.2 Å². The van der Waals surface area contributed by atoms with Crippen molar-refractivity contribution in [3.05, 3.63) is 0 Å². The normalized spacial score (nSPS) is 60.0. The largest absolute Gasteiger partial charge is 0.227 e. The quantitative estimate of drug-likeness (QED) is 0.460. The lowest BCUT2D eigenvalue weighted by Gasteiger charge is -2.48. The maximum absolute atomic E-state index is 7.28. The lowest BCUT2D eigenvalue weighted by molar-refractivity contribution is -0.535. The van der Waals surface area contributed by atoms with Crippen LogP contribution in [0.2, 0.25) is 0 Å². The predicted molar refractivity (Wildman–Crippen MR) is 30.3 cm³/mol. The van der Waals surface area contributed by atoms with Crippen molar-refractivity contribution in [2.24, 2.45) is 0 Å². The van der Waals surface area contributed by atoms with Gasteiger partial charge in [-0.3, -0.25) is 0 Å². The van der Waals surface area contributed by atoms with Crippen LogP contribution in [0, 0.1) is 0 Å². The SMILES string of the molecule is [2H]C([2H])([2H])C1(C([2H])([2H])[2H])OOC1(C([2H])([2H])[2H])C([2H])([2H])[2H]. The molecule has 1 aliphatic heterocycles. The van der Waals surface area contributed by atoms with Gasteiger partial charge in [0.1, 0.15) is 11.2 Å². The maximum Gasteiger partial charge on any atom is 0.129 e. The molecule has 0 aromatic carbocycles. The average molecular weight is 128 g/mol. The zero-order chi connectivity index (χ0) is 16.4. The minimum atomic E-state index is -3.56. The summed E-state index contributed by atoms with van der Waals surface area (Å²) in [5, 5.41) is 0. The van der Waals surface area contributed by atoms with Crippen LogP contribution in [0.5, 0.6) is 0 Å². The lowest BCUT2D eigenvalue weighted by Crippen LogP contribution is -2.59. The van der Waals surface area contributed by atoms with Gasteiger partial charge in [0.15, 0.2) is 0 Å². The smallest absolute Gasteiger partial charge is 0.129 e. The Labute approximate surface area is 66.6 Å². The Bertz CT molecular complexity index is 317. The van der Waals surface area contributed by atoms with Crippen molar-refractivity contribution in [1.29, 1.82) is 0 Å². The third-order valence-electron chi connectivity index (χ3n) is 0.787. The van der Waals surface area contributed by atoms with Crippen molar-refractivity contribution in [1.82, 2.24) is 0 Å². The van der Waals surface area contributed by atoms with Crippen molar-refractivity contribution >= 4 is 0 Å². The fraction of sp³-hybridized carbons (Fsp3) is 1.00. The number of hydrogen-bond donors (Lipinski definition) is 0. The average Bonchev–Trinajstić information content (AvgIpc) is 1.86. The molecular weight excluding hydrogens is 104 g/mol. The Morgan fingerprint density at radius 3 is 1.50 bits per heavy atom. The van der Waals surface area contributed by atoms with E-state index in [2.05, 4.69) is 9.78 Å². The first kappa shape index (κ1) is 0.956. The second-order valence-electron chi connectivity index (χ2n) is 1.53. The second-order valence-corrected chi connectivity index (χ2v) is 1.53. The molecule has 1 fully saturated rings. The molecule has 2 heteroatoms. The van der Waals surface area contributed by atoms with Gasteiger partial charge in [-0.15, -0.1) is 0 Å². The van der Waals surface area contributed by atoms with Crippen LogP contribution in [0.15, 0.2) is 0 Å². The van der Waals surface area contributed by atoms with Gasteiger partial charge in [0.05, 0.1) is 0 Å². The lowest BCUT2D eigenvalue weighted by atomic mass is 9.88. The summed E-state index contributed by atoms with van der Waals surface area (Å²) in [6, 6.07) is 0. The minimum absolute atomic E-state index is 3.47. The first-order chi connectivity index (χ1) is 8.46. The van der Waals surface area contributed by atoms with Crippen molar-refractivity contribution in [3.8, 4) is 0 Å². The maximum atomic E-state index is 7.28. The summed E-state index contributed by atoms with van der Waals surface area (Å²) in [6.45, 7) is -14.2. The zero-order valence-electron chi connectivity index (χ0n) is 15.8. The highest BCUT2D eigenvalue weighted by atomic mass is 17.3. The van der Waals surface area contributed by atoms with E-state index in [-0.39, 0.29) is 0 Å². The first-order valence-electron chi connectivity index (χ1n) is 7.82. The van der Waals surface area contributed by atoms with Crippen LogP contribution >= 0.6 is 0 Å². The first-order valence-corrected chi connectivity index (χ1v) is 1.82. The third kappa shape index (κ3) is 0.565. The molecule has 8 heavy (non-hydrogen) atoms. The summed E-state index contributed by atoms with van der Waals surface area (Å²) < 4.78 is 87.3. The van der Waals surface area contributed by atoms with E-state index in [1.165, 1.54) is 0 Å². The Hall–Kier alpha value is -0.0800. The Morgan fingerprint density at radius 1 is 1.00 bits per heavy atom. The topological polar surface area (TPSA) is 18.5 Å². The third-order valence-corrected chi connectivity index (χ3v) is 0.787. The van der Waals surface area contributed by atoms with E-state index in [1.54, 1.807) is 0 Å². The Morgan fingerprint density at radius 2 is 1.38 bits per heavy atom. The molecule has 1 heterocycles. The van der Waals surface area contributed by atoms with Crippen LogP contribution in [0.3, 0.4) is 0 Å². The fourth-order valence-electron chi connectivity index (χ4n) is 0.208. The van der Waals surface area contributed by atoms with E-state index in [9.17, 15) is 0 Å². The zero-order valence-corrected chi connectivity index (χ0v) is 3.82. The molecule has 0 aromatic heterocycles. The minimum Gasteiger partial charge on any atom is -0.227 e. The van der Waals surface area contributed by atoms with Crippen LogP contribution in [-0.4, -0.2) is 11.2 Å². The highest BCUT2D eigenvalue weighted by molar-refractivity contribution is 4.92. The van der Waals surface area contributed by atoms with Gasteiger partial charge in [-0.1, -0.05) is 0 Å². The van der Waals surface area contributed by atoms with Gasteiger partial charge in [0.25, 0.3) is 0 Å². The van der Waals surface area contributed by atoms with Gasteiger partial charge in [-0.05, 0) is 27.4 Å². The summed E-state index contributed by atoms with van der Waals surface area (Å²) in [7, 11) is 0. The summed E-state index contributed by atoms with van der Waals surface area (Å²) >= 11 is 0. The molecule has 1 saturated heterocycles. The molecule has 0 radical (unpaired) electrons. The molecule has 0 unspecified atom stereocenters. The summed E-state index contributed by atoms with van der Waals surface area (Å²) in [6.07, 6.45) is 0. The van der Waals surface area contributed by atoms with Crippen molar-refractivity contribution in [3.63, 3.8) is 0 Å². The van der Waals surface area contributed by atoms with E-state index in [0.29, 0.717) is 0 Å². The molecule has 0 saturated carbocycles. The van der Waals surface area contributed by atoms with Gasteiger partial charge >= 0.3 is 0 Å². The monoisotopic (exact) mass is 128 g/mol. The Kier molecular flexibility index (Phi) is 0.150. The highest BCUT2D eigenvalue weighted by Gasteiger charge is 2.50. The highest BCUT2D eigenvalue weighted by Crippen LogP contribution is 2.38. The molecule has 0 N–H and O–H groups in total. The summed E-state index contributed by atoms with van der Waals surface area (Å²) in [5.74, 6) is 0. The summed E-state index contributed by atoms with van der Waals surface area (Å²) in [5.41, 5.74) is -6.94. The van der Waals surface area contributed by atoms with Crippen LogP contribution in [0.25, 0.3) is 0 Å². The van der Waals surface area contributed by atoms with Gasteiger partial charge in [-0.25, -0.2) is 9.78 Å². The second kappa shape index (κ2) is 1.25. The Balaban J connectivity index is 3.72. The van der Waals surface area contributed by atoms with Gasteiger partial charge in [0.2, 0.25) is 0 Å². The molecule has 0 spiro atoms. The van der Waals surface area contributed by atoms with Gasteiger partial charge in [-0.2, -0.15) is 0 Å². The molecule has 2 nitrogen and oxygen atoms in total.